The maximum atomic E-state index is 13.0. The highest BCUT2D eigenvalue weighted by Crippen LogP contribution is 2.20. The molecule has 0 aliphatic rings. The van der Waals surface area contributed by atoms with Crippen molar-refractivity contribution in [2.24, 2.45) is 5.92 Å². The third-order valence-electron chi connectivity index (χ3n) is 5.11. The van der Waals surface area contributed by atoms with Crippen molar-refractivity contribution < 1.29 is 4.79 Å². The molecule has 0 saturated carbocycles. The molecule has 0 aliphatic carbocycles. The number of hydrogen-bond donors (Lipinski definition) is 0. The topological polar surface area (TPSA) is 61.8 Å². The maximum absolute atomic E-state index is 13.0. The number of fused-ring (bicyclic) bond motifs is 2. The molecule has 2 heterocycles. The van der Waals surface area contributed by atoms with Crippen molar-refractivity contribution in [3.8, 4) is 0 Å². The van der Waals surface area contributed by atoms with E-state index in [0.717, 1.165) is 35.3 Å². The average molecular weight is 376 g/mol. The monoisotopic (exact) mass is 376 g/mol. The van der Waals surface area contributed by atoms with Crippen LogP contribution in [0.5, 0.6) is 0 Å². The van der Waals surface area contributed by atoms with Crippen LogP contribution in [0.4, 0.5) is 0 Å². The molecule has 0 saturated heterocycles. The number of para-hydroxylation sites is 4. The highest BCUT2D eigenvalue weighted by Gasteiger charge is 2.18. The van der Waals surface area contributed by atoms with Gasteiger partial charge in [-0.2, -0.15) is 0 Å². The molecular formula is C22H24N4O2. The molecule has 0 bridgehead atoms. The predicted octanol–water partition coefficient (Wildman–Crippen LogP) is 3.91. The van der Waals surface area contributed by atoms with Gasteiger partial charge in [-0.3, -0.25) is 9.36 Å². The van der Waals surface area contributed by atoms with E-state index in [1.54, 1.807) is 10.6 Å². The van der Waals surface area contributed by atoms with Gasteiger partial charge in [0.1, 0.15) is 5.82 Å². The Morgan fingerprint density at radius 1 is 0.964 bits per heavy atom. The van der Waals surface area contributed by atoms with Crippen molar-refractivity contribution >= 4 is 28.0 Å². The fraction of sp³-hybridized carbons (Fsp3) is 0.318. The number of nitrogens with zero attached hydrogens (tertiary/aromatic N) is 4. The second-order valence-electron chi connectivity index (χ2n) is 7.56. The van der Waals surface area contributed by atoms with Gasteiger partial charge in [-0.15, -0.1) is 0 Å². The Labute approximate surface area is 163 Å². The normalized spacial score (nSPS) is 11.7. The molecule has 4 aromatic rings. The highest BCUT2D eigenvalue weighted by molar-refractivity contribution is 5.89. The number of carbonyl (C=O) groups excluding carboxylic acids is 1. The van der Waals surface area contributed by atoms with E-state index in [1.165, 1.54) is 11.5 Å². The van der Waals surface area contributed by atoms with Crippen LogP contribution in [0.15, 0.2) is 53.3 Å². The van der Waals surface area contributed by atoms with Crippen LogP contribution in [-0.2, 0) is 13.1 Å². The molecule has 2 aromatic heterocycles. The van der Waals surface area contributed by atoms with Crippen LogP contribution in [-0.4, -0.2) is 24.6 Å². The lowest BCUT2D eigenvalue weighted by Crippen LogP contribution is -2.28. The van der Waals surface area contributed by atoms with Gasteiger partial charge in [-0.05, 0) is 36.6 Å². The van der Waals surface area contributed by atoms with Crippen LogP contribution < -0.4 is 5.69 Å². The summed E-state index contributed by atoms with van der Waals surface area (Å²) >= 11 is 0. The van der Waals surface area contributed by atoms with Crippen molar-refractivity contribution in [2.75, 3.05) is 0 Å². The van der Waals surface area contributed by atoms with E-state index in [-0.39, 0.29) is 11.6 Å². The maximum Gasteiger partial charge on any atom is 0.336 e. The number of carbonyl (C=O) groups is 1. The first-order valence-corrected chi connectivity index (χ1v) is 9.62. The van der Waals surface area contributed by atoms with Crippen LogP contribution in [0.2, 0.25) is 0 Å². The predicted molar refractivity (Wildman–Crippen MR) is 111 cm³/mol. The van der Waals surface area contributed by atoms with E-state index in [4.69, 9.17) is 4.98 Å². The van der Waals surface area contributed by atoms with E-state index in [0.29, 0.717) is 18.0 Å². The molecule has 0 aliphatic heterocycles. The Bertz CT molecular complexity index is 1230. The number of hydrogen-bond acceptors (Lipinski definition) is 3. The lowest BCUT2D eigenvalue weighted by molar-refractivity contribution is 0.0936. The number of benzene rings is 2. The van der Waals surface area contributed by atoms with Crippen molar-refractivity contribution in [1.82, 2.24) is 18.7 Å². The van der Waals surface area contributed by atoms with Crippen LogP contribution in [0, 0.1) is 5.92 Å². The quantitative estimate of drug-likeness (QED) is 0.531. The number of aryl methyl sites for hydroxylation is 1. The zero-order chi connectivity index (χ0) is 19.8. The molecule has 0 radical (unpaired) electrons. The fourth-order valence-electron chi connectivity index (χ4n) is 3.69. The summed E-state index contributed by atoms with van der Waals surface area (Å²) in [5.74, 6) is 1.11. The Morgan fingerprint density at radius 2 is 1.61 bits per heavy atom. The largest absolute Gasteiger partial charge is 0.336 e. The van der Waals surface area contributed by atoms with Gasteiger partial charge in [-0.25, -0.2) is 14.3 Å². The summed E-state index contributed by atoms with van der Waals surface area (Å²) < 4.78 is 5.07. The zero-order valence-electron chi connectivity index (χ0n) is 16.4. The highest BCUT2D eigenvalue weighted by atomic mass is 16.2. The van der Waals surface area contributed by atoms with Gasteiger partial charge in [0.05, 0.1) is 28.6 Å². The summed E-state index contributed by atoms with van der Waals surface area (Å²) in [5, 5.41) is 0. The molecule has 28 heavy (non-hydrogen) atoms. The molecule has 6 nitrogen and oxygen atoms in total. The first-order chi connectivity index (χ1) is 13.5. The molecule has 6 heteroatoms. The summed E-state index contributed by atoms with van der Waals surface area (Å²) in [5.41, 5.74) is 3.04. The van der Waals surface area contributed by atoms with Crippen LogP contribution >= 0.6 is 0 Å². The Balaban J connectivity index is 1.87. The summed E-state index contributed by atoms with van der Waals surface area (Å²) in [6.07, 6.45) is 1.03. The average Bonchev–Trinajstić information content (AvgIpc) is 3.15. The molecule has 2 aromatic carbocycles. The molecule has 0 fully saturated rings. The van der Waals surface area contributed by atoms with Crippen molar-refractivity contribution in [2.45, 2.75) is 40.3 Å². The Morgan fingerprint density at radius 3 is 2.29 bits per heavy atom. The van der Waals surface area contributed by atoms with E-state index >= 15 is 0 Å². The number of aromatic nitrogens is 4. The second kappa shape index (κ2) is 7.11. The minimum Gasteiger partial charge on any atom is -0.326 e. The third kappa shape index (κ3) is 3.05. The minimum absolute atomic E-state index is 0.284. The first-order valence-electron chi connectivity index (χ1n) is 9.62. The Hall–Kier alpha value is -3.15. The van der Waals surface area contributed by atoms with Crippen LogP contribution in [0.25, 0.3) is 22.1 Å². The van der Waals surface area contributed by atoms with Crippen molar-refractivity contribution in [3.05, 3.63) is 64.8 Å². The van der Waals surface area contributed by atoms with Crippen LogP contribution in [0.1, 0.15) is 37.8 Å². The lowest BCUT2D eigenvalue weighted by Gasteiger charge is -2.11. The van der Waals surface area contributed by atoms with Gasteiger partial charge < -0.3 is 4.57 Å². The molecule has 0 atom stereocenters. The fourth-order valence-corrected chi connectivity index (χ4v) is 3.69. The van der Waals surface area contributed by atoms with E-state index in [9.17, 15) is 9.59 Å². The minimum atomic E-state index is -0.323. The van der Waals surface area contributed by atoms with E-state index < -0.39 is 0 Å². The van der Waals surface area contributed by atoms with Gasteiger partial charge in [0.25, 0.3) is 0 Å². The van der Waals surface area contributed by atoms with E-state index in [1.807, 2.05) is 36.4 Å². The second-order valence-corrected chi connectivity index (χ2v) is 7.56. The smallest absolute Gasteiger partial charge is 0.326 e. The molecule has 0 amide bonds. The van der Waals surface area contributed by atoms with Gasteiger partial charge in [0, 0.05) is 13.5 Å². The standard InChI is InChI=1S/C22H24N4O2/c1-15(2)12-13-24-18-9-5-4-8-17(18)23-21(24)14-25-19-10-6-7-11-20(19)26(16(3)27)22(25)28/h4-11,15H,12-14H2,1-3H3. The Kier molecular flexibility index (Phi) is 4.63. The molecule has 0 N–H and O–H groups in total. The lowest BCUT2D eigenvalue weighted by atomic mass is 10.1. The summed E-state index contributed by atoms with van der Waals surface area (Å²) in [7, 11) is 0. The van der Waals surface area contributed by atoms with Crippen molar-refractivity contribution in [1.29, 1.82) is 0 Å². The van der Waals surface area contributed by atoms with Gasteiger partial charge in [-0.1, -0.05) is 38.1 Å². The molecular weight excluding hydrogens is 352 g/mol. The molecule has 4 rings (SSSR count). The van der Waals surface area contributed by atoms with Crippen LogP contribution in [0.3, 0.4) is 0 Å². The summed E-state index contributed by atoms with van der Waals surface area (Å²) in [4.78, 5) is 29.9. The van der Waals surface area contributed by atoms with E-state index in [2.05, 4.69) is 24.5 Å². The van der Waals surface area contributed by atoms with Gasteiger partial charge in [0.15, 0.2) is 0 Å². The summed E-state index contributed by atoms with van der Waals surface area (Å²) in [6, 6.07) is 15.4. The van der Waals surface area contributed by atoms with Gasteiger partial charge in [0.2, 0.25) is 5.91 Å². The third-order valence-corrected chi connectivity index (χ3v) is 5.11. The molecule has 144 valence electrons. The molecule has 0 spiro atoms. The SMILES string of the molecule is CC(=O)n1c(=O)n(Cc2nc3ccccc3n2CCC(C)C)c2ccccc21. The zero-order valence-corrected chi connectivity index (χ0v) is 16.4. The first kappa shape index (κ1) is 18.2. The molecule has 0 unspecified atom stereocenters. The van der Waals surface area contributed by atoms with Gasteiger partial charge >= 0.3 is 5.69 Å². The number of imidazole rings is 2. The number of rotatable bonds is 5. The summed E-state index contributed by atoms with van der Waals surface area (Å²) in [6.45, 7) is 6.98. The van der Waals surface area contributed by atoms with Crippen molar-refractivity contribution in [3.63, 3.8) is 0 Å².